The molecule has 0 saturated carbocycles. The highest BCUT2D eigenvalue weighted by Crippen LogP contribution is 2.27. The third-order valence-corrected chi connectivity index (χ3v) is 4.23. The Morgan fingerprint density at radius 3 is 2.68 bits per heavy atom. The number of hydrogen-bond donors (Lipinski definition) is 0. The molecule has 0 N–H and O–H groups in total. The standard InChI is InChI=1S/C17H10FNO2S/c18-14-5-6-15-13(7-14)8-16(22-15)17(20)21-10-12-3-1-11(9-19)2-4-12/h1-8H,10H2. The molecule has 0 spiro atoms. The molecule has 3 rings (SSSR count). The number of hydrogen-bond acceptors (Lipinski definition) is 4. The van der Waals surface area contributed by atoms with Crippen LogP contribution in [0.4, 0.5) is 4.39 Å². The molecule has 0 aliphatic heterocycles. The second-order valence-corrected chi connectivity index (χ2v) is 5.76. The Balaban J connectivity index is 1.71. The van der Waals surface area contributed by atoms with Gasteiger partial charge < -0.3 is 4.74 Å². The Morgan fingerprint density at radius 2 is 1.95 bits per heavy atom. The van der Waals surface area contributed by atoms with Crippen LogP contribution in [0.5, 0.6) is 0 Å². The number of benzene rings is 2. The highest BCUT2D eigenvalue weighted by Gasteiger charge is 2.12. The molecule has 0 bridgehead atoms. The lowest BCUT2D eigenvalue weighted by molar-refractivity contribution is 0.0478. The fourth-order valence-corrected chi connectivity index (χ4v) is 2.95. The number of halogens is 1. The molecule has 0 amide bonds. The van der Waals surface area contributed by atoms with Gasteiger partial charge in [0, 0.05) is 4.70 Å². The van der Waals surface area contributed by atoms with Gasteiger partial charge in [-0.3, -0.25) is 0 Å². The van der Waals surface area contributed by atoms with Gasteiger partial charge in [-0.15, -0.1) is 11.3 Å². The number of carbonyl (C=O) groups is 1. The van der Waals surface area contributed by atoms with Gasteiger partial charge in [0.15, 0.2) is 0 Å². The zero-order valence-corrected chi connectivity index (χ0v) is 12.2. The van der Waals surface area contributed by atoms with Gasteiger partial charge in [-0.05, 0) is 47.3 Å². The van der Waals surface area contributed by atoms with Gasteiger partial charge in [0.1, 0.15) is 17.3 Å². The van der Waals surface area contributed by atoms with Crippen molar-refractivity contribution in [3.05, 3.63) is 70.4 Å². The largest absolute Gasteiger partial charge is 0.457 e. The van der Waals surface area contributed by atoms with Gasteiger partial charge in [-0.2, -0.15) is 5.26 Å². The minimum atomic E-state index is -0.439. The summed E-state index contributed by atoms with van der Waals surface area (Å²) in [6, 6.07) is 14.9. The maximum absolute atomic E-state index is 13.1. The van der Waals surface area contributed by atoms with Gasteiger partial charge in [0.05, 0.1) is 11.6 Å². The van der Waals surface area contributed by atoms with Crippen molar-refractivity contribution in [1.29, 1.82) is 5.26 Å². The summed E-state index contributed by atoms with van der Waals surface area (Å²) in [5.74, 6) is -0.770. The lowest BCUT2D eigenvalue weighted by Gasteiger charge is -2.03. The van der Waals surface area contributed by atoms with E-state index in [1.807, 2.05) is 6.07 Å². The lowest BCUT2D eigenvalue weighted by Crippen LogP contribution is -2.02. The number of ether oxygens (including phenoxy) is 1. The maximum Gasteiger partial charge on any atom is 0.348 e. The van der Waals surface area contributed by atoms with Gasteiger partial charge in [0.25, 0.3) is 0 Å². The van der Waals surface area contributed by atoms with E-state index in [0.29, 0.717) is 15.8 Å². The Kier molecular flexibility index (Phi) is 3.86. The summed E-state index contributed by atoms with van der Waals surface area (Å²) in [6.45, 7) is 0.132. The molecule has 108 valence electrons. The molecular weight excluding hydrogens is 301 g/mol. The number of nitriles is 1. The van der Waals surface area contributed by atoms with Crippen LogP contribution in [0.1, 0.15) is 20.8 Å². The van der Waals surface area contributed by atoms with Crippen LogP contribution in [0.25, 0.3) is 10.1 Å². The Bertz CT molecular complexity index is 878. The van der Waals surface area contributed by atoms with E-state index < -0.39 is 5.97 Å². The maximum atomic E-state index is 13.1. The van der Waals surface area contributed by atoms with E-state index >= 15 is 0 Å². The smallest absolute Gasteiger partial charge is 0.348 e. The minimum absolute atomic E-state index is 0.132. The number of carbonyl (C=O) groups excluding carboxylic acids is 1. The fraction of sp³-hybridized carbons (Fsp3) is 0.0588. The van der Waals surface area contributed by atoms with Crippen molar-refractivity contribution in [3.63, 3.8) is 0 Å². The number of nitrogens with zero attached hydrogens (tertiary/aromatic N) is 1. The van der Waals surface area contributed by atoms with E-state index in [2.05, 4.69) is 0 Å². The molecule has 3 aromatic rings. The zero-order chi connectivity index (χ0) is 15.5. The molecule has 0 radical (unpaired) electrons. The summed E-state index contributed by atoms with van der Waals surface area (Å²) in [4.78, 5) is 12.5. The van der Waals surface area contributed by atoms with E-state index in [-0.39, 0.29) is 12.4 Å². The first-order chi connectivity index (χ1) is 10.7. The topological polar surface area (TPSA) is 50.1 Å². The van der Waals surface area contributed by atoms with Crippen LogP contribution >= 0.6 is 11.3 Å². The number of fused-ring (bicyclic) bond motifs is 1. The Hall–Kier alpha value is -2.71. The third-order valence-electron chi connectivity index (χ3n) is 3.13. The van der Waals surface area contributed by atoms with Crippen LogP contribution in [-0.4, -0.2) is 5.97 Å². The predicted molar refractivity (Wildman–Crippen MR) is 82.1 cm³/mol. The molecule has 0 unspecified atom stereocenters. The molecule has 0 atom stereocenters. The van der Waals surface area contributed by atoms with Crippen LogP contribution in [0, 0.1) is 17.1 Å². The lowest BCUT2D eigenvalue weighted by atomic mass is 10.2. The normalized spacial score (nSPS) is 10.4. The molecular formula is C17H10FNO2S. The molecule has 2 aromatic carbocycles. The van der Waals surface area contributed by atoms with Crippen LogP contribution in [0.3, 0.4) is 0 Å². The molecule has 0 fully saturated rings. The average Bonchev–Trinajstić information content (AvgIpc) is 2.96. The SMILES string of the molecule is N#Cc1ccc(COC(=O)c2cc3cc(F)ccc3s2)cc1. The van der Waals surface area contributed by atoms with Crippen LogP contribution in [-0.2, 0) is 11.3 Å². The summed E-state index contributed by atoms with van der Waals surface area (Å²) in [5.41, 5.74) is 1.36. The van der Waals surface area contributed by atoms with E-state index in [9.17, 15) is 9.18 Å². The Morgan fingerprint density at radius 1 is 1.18 bits per heavy atom. The first kappa shape index (κ1) is 14.2. The van der Waals surface area contributed by atoms with Gasteiger partial charge >= 0.3 is 5.97 Å². The van der Waals surface area contributed by atoms with E-state index in [1.54, 1.807) is 36.4 Å². The van der Waals surface area contributed by atoms with Gasteiger partial charge in [-0.25, -0.2) is 9.18 Å². The third kappa shape index (κ3) is 2.97. The summed E-state index contributed by atoms with van der Waals surface area (Å²) in [5, 5.41) is 9.41. The van der Waals surface area contributed by atoms with Crippen molar-refractivity contribution < 1.29 is 13.9 Å². The monoisotopic (exact) mass is 311 g/mol. The molecule has 0 aliphatic carbocycles. The van der Waals surface area contributed by atoms with Crippen molar-refractivity contribution in [1.82, 2.24) is 0 Å². The van der Waals surface area contributed by atoms with Crippen molar-refractivity contribution in [2.24, 2.45) is 0 Å². The molecule has 1 aromatic heterocycles. The molecule has 1 heterocycles. The molecule has 0 saturated heterocycles. The molecule has 0 aliphatic rings. The predicted octanol–water partition coefficient (Wildman–Crippen LogP) is 4.27. The zero-order valence-electron chi connectivity index (χ0n) is 11.4. The second-order valence-electron chi connectivity index (χ2n) is 4.68. The van der Waals surface area contributed by atoms with Crippen molar-refractivity contribution in [2.45, 2.75) is 6.61 Å². The highest BCUT2D eigenvalue weighted by atomic mass is 32.1. The number of thiophene rings is 1. The summed E-state index contributed by atoms with van der Waals surface area (Å²) < 4.78 is 19.2. The van der Waals surface area contributed by atoms with E-state index in [4.69, 9.17) is 10.00 Å². The second kappa shape index (κ2) is 5.96. The van der Waals surface area contributed by atoms with Crippen LogP contribution in [0.2, 0.25) is 0 Å². The quantitative estimate of drug-likeness (QED) is 0.679. The van der Waals surface area contributed by atoms with Crippen molar-refractivity contribution in [2.75, 3.05) is 0 Å². The van der Waals surface area contributed by atoms with Gasteiger partial charge in [0.2, 0.25) is 0 Å². The minimum Gasteiger partial charge on any atom is -0.457 e. The van der Waals surface area contributed by atoms with Gasteiger partial charge in [-0.1, -0.05) is 12.1 Å². The van der Waals surface area contributed by atoms with Crippen molar-refractivity contribution >= 4 is 27.4 Å². The molecule has 5 heteroatoms. The molecule has 3 nitrogen and oxygen atoms in total. The number of esters is 1. The van der Waals surface area contributed by atoms with E-state index in [0.717, 1.165) is 10.3 Å². The molecule has 22 heavy (non-hydrogen) atoms. The van der Waals surface area contributed by atoms with Crippen LogP contribution in [0.15, 0.2) is 48.5 Å². The summed E-state index contributed by atoms with van der Waals surface area (Å²) in [6.07, 6.45) is 0. The number of rotatable bonds is 3. The summed E-state index contributed by atoms with van der Waals surface area (Å²) in [7, 11) is 0. The highest BCUT2D eigenvalue weighted by molar-refractivity contribution is 7.20. The summed E-state index contributed by atoms with van der Waals surface area (Å²) >= 11 is 1.27. The van der Waals surface area contributed by atoms with E-state index in [1.165, 1.54) is 23.5 Å². The average molecular weight is 311 g/mol. The first-order valence-corrected chi connectivity index (χ1v) is 7.32. The fourth-order valence-electron chi connectivity index (χ4n) is 2.01. The van der Waals surface area contributed by atoms with Crippen molar-refractivity contribution in [3.8, 4) is 6.07 Å². The Labute approximate surface area is 130 Å². The first-order valence-electron chi connectivity index (χ1n) is 6.51. The van der Waals surface area contributed by atoms with Crippen LogP contribution < -0.4 is 0 Å².